The highest BCUT2D eigenvalue weighted by atomic mass is 32.2. The van der Waals surface area contributed by atoms with Gasteiger partial charge in [-0.15, -0.1) is 0 Å². The Bertz CT molecular complexity index is 1460. The van der Waals surface area contributed by atoms with E-state index in [0.717, 1.165) is 50.5 Å². The first-order valence-electron chi connectivity index (χ1n) is 12.1. The Balaban J connectivity index is 1.15. The van der Waals surface area contributed by atoms with E-state index in [1.165, 1.54) is 30.4 Å². The van der Waals surface area contributed by atoms with Crippen molar-refractivity contribution in [1.82, 2.24) is 9.27 Å². The van der Waals surface area contributed by atoms with Crippen molar-refractivity contribution in [2.75, 3.05) is 56.6 Å². The van der Waals surface area contributed by atoms with E-state index in [1.807, 2.05) is 12.1 Å². The van der Waals surface area contributed by atoms with E-state index >= 15 is 0 Å². The number of hydrogen-bond donors (Lipinski definition) is 1. The summed E-state index contributed by atoms with van der Waals surface area (Å²) in [6.07, 6.45) is 0.899. The van der Waals surface area contributed by atoms with Crippen molar-refractivity contribution < 1.29 is 17.9 Å². The summed E-state index contributed by atoms with van der Waals surface area (Å²) in [5.74, 6) is 1.80. The van der Waals surface area contributed by atoms with Gasteiger partial charge in [0.15, 0.2) is 0 Å². The Morgan fingerprint density at radius 2 is 1.70 bits per heavy atom. The van der Waals surface area contributed by atoms with Crippen LogP contribution < -0.4 is 19.1 Å². The van der Waals surface area contributed by atoms with Crippen LogP contribution in [0.15, 0.2) is 71.6 Å². The maximum Gasteiger partial charge on any atom is 0.265 e. The van der Waals surface area contributed by atoms with Gasteiger partial charge in [-0.3, -0.25) is 9.62 Å². The van der Waals surface area contributed by atoms with Crippen LogP contribution in [0.4, 0.5) is 11.5 Å². The molecule has 2 heterocycles. The lowest BCUT2D eigenvalue weighted by Crippen LogP contribution is -2.47. The topological polar surface area (TPSA) is 84.0 Å². The number of aromatic nitrogens is 1. The molecule has 0 saturated carbocycles. The number of rotatable bonds is 9. The Labute approximate surface area is 221 Å². The first kappa shape index (κ1) is 25.3. The molecule has 0 aliphatic carbocycles. The molecular formula is C27H30N4O4S2. The van der Waals surface area contributed by atoms with E-state index in [1.54, 1.807) is 35.8 Å². The van der Waals surface area contributed by atoms with E-state index in [-0.39, 0.29) is 10.6 Å². The van der Waals surface area contributed by atoms with Gasteiger partial charge in [-0.2, -0.15) is 4.37 Å². The molecule has 1 fully saturated rings. The van der Waals surface area contributed by atoms with Gasteiger partial charge in [-0.05, 0) is 59.9 Å². The predicted molar refractivity (Wildman–Crippen MR) is 149 cm³/mol. The minimum absolute atomic E-state index is 0.0308. The fourth-order valence-electron chi connectivity index (χ4n) is 4.51. The summed E-state index contributed by atoms with van der Waals surface area (Å²) in [4.78, 5) is 4.88. The molecule has 8 nitrogen and oxygen atoms in total. The van der Waals surface area contributed by atoms with Crippen molar-refractivity contribution in [1.29, 1.82) is 0 Å². The number of piperazine rings is 1. The van der Waals surface area contributed by atoms with Crippen LogP contribution >= 0.6 is 11.5 Å². The number of nitrogens with one attached hydrogen (secondary N) is 1. The number of benzene rings is 3. The number of sulfonamides is 1. The first-order valence-corrected chi connectivity index (χ1v) is 14.4. The molecule has 5 rings (SSSR count). The lowest BCUT2D eigenvalue weighted by atomic mass is 10.1. The fourth-order valence-corrected chi connectivity index (χ4v) is 6.55. The van der Waals surface area contributed by atoms with Crippen LogP contribution in [-0.4, -0.2) is 64.6 Å². The maximum atomic E-state index is 13.0. The molecule has 37 heavy (non-hydrogen) atoms. The van der Waals surface area contributed by atoms with Crippen LogP contribution in [0.1, 0.15) is 5.56 Å². The van der Waals surface area contributed by atoms with Crippen molar-refractivity contribution in [3.8, 4) is 11.5 Å². The summed E-state index contributed by atoms with van der Waals surface area (Å²) in [6, 6.07) is 20.6. The highest BCUT2D eigenvalue weighted by molar-refractivity contribution is 7.92. The summed E-state index contributed by atoms with van der Waals surface area (Å²) in [6.45, 7) is 4.86. The normalized spacial score (nSPS) is 14.6. The molecule has 0 spiro atoms. The monoisotopic (exact) mass is 538 g/mol. The molecule has 10 heteroatoms. The standard InChI is InChI=1S/C27H30N4O4S2/c1-34-22-11-12-24(35-2)26(19-22)37(32,33)29-21-9-7-20(8-10-21)13-14-30-15-17-31(18-16-30)27-23-5-3-4-6-25(23)36-28-27/h3-12,19,29H,13-18H2,1-2H3. The number of fused-ring (bicyclic) bond motifs is 1. The lowest BCUT2D eigenvalue weighted by Gasteiger charge is -2.35. The van der Waals surface area contributed by atoms with Crippen molar-refractivity contribution in [3.05, 3.63) is 72.3 Å². The average Bonchev–Trinajstić information content (AvgIpc) is 3.36. The highest BCUT2D eigenvalue weighted by Gasteiger charge is 2.22. The van der Waals surface area contributed by atoms with Crippen LogP contribution in [0, 0.1) is 0 Å². The quantitative estimate of drug-likeness (QED) is 0.336. The van der Waals surface area contributed by atoms with Crippen molar-refractivity contribution in [2.45, 2.75) is 11.3 Å². The van der Waals surface area contributed by atoms with Crippen LogP contribution in [0.25, 0.3) is 10.1 Å². The molecule has 4 aromatic rings. The van der Waals surface area contributed by atoms with E-state index < -0.39 is 10.0 Å². The fraction of sp³-hybridized carbons (Fsp3) is 0.296. The predicted octanol–water partition coefficient (Wildman–Crippen LogP) is 4.48. The van der Waals surface area contributed by atoms with Gasteiger partial charge in [0.05, 0.1) is 18.9 Å². The molecule has 0 amide bonds. The number of nitrogens with zero attached hydrogens (tertiary/aromatic N) is 3. The summed E-state index contributed by atoms with van der Waals surface area (Å²) < 4.78 is 45.0. The third-order valence-corrected chi connectivity index (χ3v) is 8.83. The summed E-state index contributed by atoms with van der Waals surface area (Å²) in [5.41, 5.74) is 1.66. The van der Waals surface area contributed by atoms with E-state index in [0.29, 0.717) is 11.4 Å². The number of methoxy groups -OCH3 is 2. The molecule has 0 atom stereocenters. The van der Waals surface area contributed by atoms with E-state index in [2.05, 4.69) is 38.8 Å². The molecule has 0 bridgehead atoms. The van der Waals surface area contributed by atoms with E-state index in [9.17, 15) is 8.42 Å². The van der Waals surface area contributed by atoms with Crippen LogP contribution in [0.2, 0.25) is 0 Å². The lowest BCUT2D eigenvalue weighted by molar-refractivity contribution is 0.261. The molecule has 194 valence electrons. The second kappa shape index (κ2) is 11.0. The molecule has 1 N–H and O–H groups in total. The van der Waals surface area contributed by atoms with Gasteiger partial charge in [-0.25, -0.2) is 8.42 Å². The second-order valence-corrected chi connectivity index (χ2v) is 11.4. The molecule has 3 aromatic carbocycles. The third kappa shape index (κ3) is 5.66. The zero-order valence-electron chi connectivity index (χ0n) is 20.9. The Hall–Kier alpha value is -3.34. The van der Waals surface area contributed by atoms with Crippen molar-refractivity contribution >= 4 is 43.1 Å². The largest absolute Gasteiger partial charge is 0.497 e. The molecule has 0 radical (unpaired) electrons. The summed E-state index contributed by atoms with van der Waals surface area (Å²) in [7, 11) is -0.907. The zero-order valence-corrected chi connectivity index (χ0v) is 22.5. The van der Waals surface area contributed by atoms with Gasteiger partial charge in [0, 0.05) is 49.9 Å². The maximum absolute atomic E-state index is 13.0. The van der Waals surface area contributed by atoms with Gasteiger partial charge >= 0.3 is 0 Å². The minimum atomic E-state index is -3.84. The molecular weight excluding hydrogens is 508 g/mol. The average molecular weight is 539 g/mol. The van der Waals surface area contributed by atoms with Gasteiger partial charge in [0.2, 0.25) is 0 Å². The van der Waals surface area contributed by atoms with Gasteiger partial charge in [0.1, 0.15) is 22.2 Å². The molecule has 1 saturated heterocycles. The van der Waals surface area contributed by atoms with Crippen molar-refractivity contribution in [3.63, 3.8) is 0 Å². The Morgan fingerprint density at radius 1 is 0.946 bits per heavy atom. The highest BCUT2D eigenvalue weighted by Crippen LogP contribution is 2.31. The number of anilines is 2. The molecule has 1 aromatic heterocycles. The molecule has 1 aliphatic heterocycles. The van der Waals surface area contributed by atoms with Crippen molar-refractivity contribution in [2.24, 2.45) is 0 Å². The smallest absolute Gasteiger partial charge is 0.265 e. The van der Waals surface area contributed by atoms with Crippen LogP contribution in [0.5, 0.6) is 11.5 Å². The Kier molecular flexibility index (Phi) is 7.50. The van der Waals surface area contributed by atoms with Crippen LogP contribution in [0.3, 0.4) is 0 Å². The van der Waals surface area contributed by atoms with Gasteiger partial charge in [0.25, 0.3) is 10.0 Å². The summed E-state index contributed by atoms with van der Waals surface area (Å²) in [5, 5.41) is 1.24. The number of hydrogen-bond acceptors (Lipinski definition) is 8. The van der Waals surface area contributed by atoms with Crippen LogP contribution in [-0.2, 0) is 16.4 Å². The minimum Gasteiger partial charge on any atom is -0.497 e. The Morgan fingerprint density at radius 3 is 2.43 bits per heavy atom. The molecule has 1 aliphatic rings. The van der Waals surface area contributed by atoms with E-state index in [4.69, 9.17) is 13.8 Å². The number of ether oxygens (including phenoxy) is 2. The van der Waals surface area contributed by atoms with Gasteiger partial charge in [-0.1, -0.05) is 24.3 Å². The second-order valence-electron chi connectivity index (χ2n) is 8.90. The SMILES string of the molecule is COc1ccc(OC)c(S(=O)(=O)Nc2ccc(CCN3CCN(c4nsc5ccccc45)CC3)cc2)c1. The first-order chi connectivity index (χ1) is 18.0. The third-order valence-electron chi connectivity index (χ3n) is 6.61. The zero-order chi connectivity index (χ0) is 25.8. The molecule has 0 unspecified atom stereocenters. The van der Waals surface area contributed by atoms with Gasteiger partial charge < -0.3 is 14.4 Å². The summed E-state index contributed by atoms with van der Waals surface area (Å²) >= 11 is 1.56.